The second-order valence-electron chi connectivity index (χ2n) is 3.99. The van der Waals surface area contributed by atoms with E-state index < -0.39 is 10.0 Å². The van der Waals surface area contributed by atoms with Crippen LogP contribution in [-0.4, -0.2) is 31.4 Å². The highest BCUT2D eigenvalue weighted by Gasteiger charge is 2.18. The van der Waals surface area contributed by atoms with Crippen LogP contribution in [0.5, 0.6) is 0 Å². The largest absolute Gasteiger partial charge is 0.214 e. The molecule has 0 aromatic carbocycles. The maximum atomic E-state index is 11.9. The van der Waals surface area contributed by atoms with Gasteiger partial charge in [-0.3, -0.25) is 0 Å². The van der Waals surface area contributed by atoms with Gasteiger partial charge in [-0.05, 0) is 36.8 Å². The van der Waals surface area contributed by atoms with Gasteiger partial charge in [0.25, 0.3) is 0 Å². The van der Waals surface area contributed by atoms with Crippen molar-refractivity contribution in [2.24, 2.45) is 0 Å². The molecule has 0 fully saturated rings. The molecule has 0 bridgehead atoms. The van der Waals surface area contributed by atoms with Gasteiger partial charge in [0, 0.05) is 24.3 Å². The van der Waals surface area contributed by atoms with Gasteiger partial charge in [0.1, 0.15) is 0 Å². The third-order valence-corrected chi connectivity index (χ3v) is 5.75. The summed E-state index contributed by atoms with van der Waals surface area (Å²) in [6.45, 7) is 2.46. The molecule has 98 valence electrons. The summed E-state index contributed by atoms with van der Waals surface area (Å²) in [6.07, 6.45) is 1.37. The average molecular weight is 296 g/mol. The molecule has 0 saturated carbocycles. The van der Waals surface area contributed by atoms with Crippen molar-refractivity contribution < 1.29 is 8.42 Å². The first-order chi connectivity index (χ1) is 7.97. The molecule has 1 rings (SSSR count). The monoisotopic (exact) mass is 295 g/mol. The minimum Gasteiger partial charge on any atom is -0.212 e. The molecule has 0 amide bonds. The summed E-state index contributed by atoms with van der Waals surface area (Å²) in [4.78, 5) is 1.11. The maximum Gasteiger partial charge on any atom is 0.214 e. The topological polar surface area (TPSA) is 37.4 Å². The van der Waals surface area contributed by atoms with Gasteiger partial charge in [0.05, 0.1) is 5.75 Å². The highest BCUT2D eigenvalue weighted by Crippen LogP contribution is 2.19. The summed E-state index contributed by atoms with van der Waals surface area (Å²) < 4.78 is 25.3. The summed E-state index contributed by atoms with van der Waals surface area (Å²) in [7, 11) is -1.51. The molecule has 0 N–H and O–H groups in total. The summed E-state index contributed by atoms with van der Waals surface area (Å²) in [5.41, 5.74) is 1.15. The quantitative estimate of drug-likeness (QED) is 0.573. The molecule has 1 aromatic heterocycles. The fourth-order valence-electron chi connectivity index (χ4n) is 1.40. The lowest BCUT2D eigenvalue weighted by Crippen LogP contribution is -2.28. The van der Waals surface area contributed by atoms with Gasteiger partial charge in [-0.25, -0.2) is 8.42 Å². The van der Waals surface area contributed by atoms with E-state index in [1.165, 1.54) is 4.31 Å². The molecule has 0 unspecified atom stereocenters. The molecule has 0 aliphatic carbocycles. The Hall–Kier alpha value is -0.100. The van der Waals surface area contributed by atoms with Crippen LogP contribution in [0.25, 0.3) is 0 Å². The van der Waals surface area contributed by atoms with Crippen LogP contribution in [0, 0.1) is 6.92 Å². The standard InChI is InChI=1S/C11H18ClNO2S2/c1-10-5-7-16-11(10)9-13(2)17(14,15)8-4-3-6-12/h5,7H,3-4,6,8-9H2,1-2H3. The third kappa shape index (κ3) is 4.58. The van der Waals surface area contributed by atoms with E-state index >= 15 is 0 Å². The van der Waals surface area contributed by atoms with Crippen molar-refractivity contribution in [3.63, 3.8) is 0 Å². The highest BCUT2D eigenvalue weighted by atomic mass is 35.5. The summed E-state index contributed by atoms with van der Waals surface area (Å²) in [6, 6.07) is 2.01. The number of alkyl halides is 1. The number of unbranched alkanes of at least 4 members (excludes halogenated alkanes) is 1. The minimum atomic E-state index is -3.14. The molecular formula is C11H18ClNO2S2. The second-order valence-corrected chi connectivity index (χ2v) is 7.57. The Morgan fingerprint density at radius 3 is 2.65 bits per heavy atom. The number of hydrogen-bond donors (Lipinski definition) is 0. The molecule has 0 atom stereocenters. The van der Waals surface area contributed by atoms with Crippen molar-refractivity contribution in [3.05, 3.63) is 21.9 Å². The van der Waals surface area contributed by atoms with E-state index in [4.69, 9.17) is 11.6 Å². The smallest absolute Gasteiger partial charge is 0.212 e. The molecule has 6 heteroatoms. The van der Waals surface area contributed by atoms with Crippen LogP contribution in [0.3, 0.4) is 0 Å². The van der Waals surface area contributed by atoms with E-state index in [1.54, 1.807) is 18.4 Å². The zero-order chi connectivity index (χ0) is 12.9. The van der Waals surface area contributed by atoms with Gasteiger partial charge < -0.3 is 0 Å². The van der Waals surface area contributed by atoms with Gasteiger partial charge in [0.15, 0.2) is 0 Å². The Bertz CT molecular complexity index is 442. The molecular weight excluding hydrogens is 278 g/mol. The lowest BCUT2D eigenvalue weighted by molar-refractivity contribution is 0.467. The Balaban J connectivity index is 2.57. The number of aryl methyl sites for hydroxylation is 1. The Morgan fingerprint density at radius 2 is 2.12 bits per heavy atom. The number of rotatable bonds is 7. The zero-order valence-corrected chi connectivity index (χ0v) is 12.5. The summed E-state index contributed by atoms with van der Waals surface area (Å²) >= 11 is 7.13. The zero-order valence-electron chi connectivity index (χ0n) is 10.1. The third-order valence-electron chi connectivity index (χ3n) is 2.60. The number of halogens is 1. The van der Waals surface area contributed by atoms with Gasteiger partial charge >= 0.3 is 0 Å². The molecule has 1 heterocycles. The molecule has 0 aliphatic rings. The molecule has 17 heavy (non-hydrogen) atoms. The average Bonchev–Trinajstić information content (AvgIpc) is 2.64. The van der Waals surface area contributed by atoms with Crippen molar-refractivity contribution in [1.29, 1.82) is 0 Å². The predicted molar refractivity (Wildman–Crippen MR) is 74.3 cm³/mol. The van der Waals surface area contributed by atoms with E-state index in [2.05, 4.69) is 0 Å². The van der Waals surface area contributed by atoms with Crippen LogP contribution in [-0.2, 0) is 16.6 Å². The van der Waals surface area contributed by atoms with E-state index in [1.807, 2.05) is 18.4 Å². The van der Waals surface area contributed by atoms with Crippen molar-refractivity contribution in [3.8, 4) is 0 Å². The first-order valence-electron chi connectivity index (χ1n) is 5.50. The number of hydrogen-bond acceptors (Lipinski definition) is 3. The van der Waals surface area contributed by atoms with Crippen molar-refractivity contribution in [2.75, 3.05) is 18.7 Å². The normalized spacial score (nSPS) is 12.2. The summed E-state index contributed by atoms with van der Waals surface area (Å²) in [5.74, 6) is 0.698. The molecule has 3 nitrogen and oxygen atoms in total. The first kappa shape index (κ1) is 15.0. The van der Waals surface area contributed by atoms with Crippen molar-refractivity contribution in [2.45, 2.75) is 26.3 Å². The summed E-state index contributed by atoms with van der Waals surface area (Å²) in [5, 5.41) is 1.98. The number of nitrogens with zero attached hydrogens (tertiary/aromatic N) is 1. The lowest BCUT2D eigenvalue weighted by atomic mass is 10.3. The predicted octanol–water partition coefficient (Wildman–Crippen LogP) is 2.84. The minimum absolute atomic E-state index is 0.181. The lowest BCUT2D eigenvalue weighted by Gasteiger charge is -2.16. The van der Waals surface area contributed by atoms with Gasteiger partial charge in [-0.2, -0.15) is 4.31 Å². The molecule has 1 aromatic rings. The van der Waals surface area contributed by atoms with Crippen molar-refractivity contribution in [1.82, 2.24) is 4.31 Å². The maximum absolute atomic E-state index is 11.9. The first-order valence-corrected chi connectivity index (χ1v) is 8.52. The number of sulfonamides is 1. The molecule has 0 saturated heterocycles. The van der Waals surface area contributed by atoms with Crippen LogP contribution < -0.4 is 0 Å². The van der Waals surface area contributed by atoms with Gasteiger partial charge in [0.2, 0.25) is 10.0 Å². The molecule has 0 spiro atoms. The SMILES string of the molecule is Cc1ccsc1CN(C)S(=O)(=O)CCCCCl. The fraction of sp³-hybridized carbons (Fsp3) is 0.636. The van der Waals surface area contributed by atoms with Gasteiger partial charge in [-0.15, -0.1) is 22.9 Å². The van der Waals surface area contributed by atoms with E-state index in [0.717, 1.165) is 16.9 Å². The van der Waals surface area contributed by atoms with Crippen molar-refractivity contribution >= 4 is 33.0 Å². The number of thiophene rings is 1. The van der Waals surface area contributed by atoms with Crippen LogP contribution >= 0.6 is 22.9 Å². The van der Waals surface area contributed by atoms with Crippen LogP contribution in [0.2, 0.25) is 0 Å². The Labute approximate surface area is 112 Å². The van der Waals surface area contributed by atoms with E-state index in [0.29, 0.717) is 18.8 Å². The van der Waals surface area contributed by atoms with Crippen LogP contribution in [0.1, 0.15) is 23.3 Å². The second kappa shape index (κ2) is 6.73. The van der Waals surface area contributed by atoms with Gasteiger partial charge in [-0.1, -0.05) is 0 Å². The Kier molecular flexibility index (Phi) is 5.92. The van der Waals surface area contributed by atoms with E-state index in [-0.39, 0.29) is 5.75 Å². The van der Waals surface area contributed by atoms with Crippen LogP contribution in [0.4, 0.5) is 0 Å². The van der Waals surface area contributed by atoms with E-state index in [9.17, 15) is 8.42 Å². The highest BCUT2D eigenvalue weighted by molar-refractivity contribution is 7.89. The fourth-order valence-corrected chi connectivity index (χ4v) is 3.84. The van der Waals surface area contributed by atoms with Crippen LogP contribution in [0.15, 0.2) is 11.4 Å². The Morgan fingerprint density at radius 1 is 1.41 bits per heavy atom. The molecule has 0 radical (unpaired) electrons. The molecule has 0 aliphatic heterocycles.